The molecule has 2 saturated heterocycles. The molecule has 0 aromatic heterocycles. The summed E-state index contributed by atoms with van der Waals surface area (Å²) in [6, 6.07) is 0. The van der Waals surface area contributed by atoms with Gasteiger partial charge < -0.3 is 24.8 Å². The second-order valence-corrected chi connectivity index (χ2v) is 16.0. The maximum atomic E-state index is 14.4. The lowest BCUT2D eigenvalue weighted by atomic mass is 9.80. The third-order valence-corrected chi connectivity index (χ3v) is 8.96. The number of carbonyl (C=O) groups is 1. The molecular formula is C35H68N2O4. The summed E-state index contributed by atoms with van der Waals surface area (Å²) < 4.78 is 19.0. The Balaban J connectivity index is 2.22. The molecule has 0 bridgehead atoms. The Hall–Kier alpha value is -0.690. The lowest BCUT2D eigenvalue weighted by Gasteiger charge is -2.49. The SMILES string of the molecule is CCCCCCCCCCCC(CCCOC)(OC1CC(C)(C)NC(C)(C)C1)C(=O)OC1CC(C)(C)NC(C)(C)C1. The topological polar surface area (TPSA) is 68.8 Å². The number of hydrogen-bond acceptors (Lipinski definition) is 6. The molecule has 242 valence electrons. The van der Waals surface area contributed by atoms with E-state index in [1.807, 2.05) is 0 Å². The number of piperidine rings is 2. The van der Waals surface area contributed by atoms with Crippen LogP contribution in [0.4, 0.5) is 0 Å². The van der Waals surface area contributed by atoms with Crippen LogP contribution in [-0.4, -0.2) is 59.7 Å². The third kappa shape index (κ3) is 13.2. The van der Waals surface area contributed by atoms with E-state index in [-0.39, 0.29) is 40.3 Å². The number of esters is 1. The Morgan fingerprint density at radius 2 is 1.07 bits per heavy atom. The van der Waals surface area contributed by atoms with E-state index in [9.17, 15) is 4.79 Å². The van der Waals surface area contributed by atoms with Crippen molar-refractivity contribution < 1.29 is 19.0 Å². The van der Waals surface area contributed by atoms with Gasteiger partial charge in [-0.15, -0.1) is 0 Å². The van der Waals surface area contributed by atoms with Gasteiger partial charge in [0.1, 0.15) is 6.10 Å². The monoisotopic (exact) mass is 581 g/mol. The molecule has 0 saturated carbocycles. The van der Waals surface area contributed by atoms with Crippen LogP contribution in [0.15, 0.2) is 0 Å². The quantitative estimate of drug-likeness (QED) is 0.126. The summed E-state index contributed by atoms with van der Waals surface area (Å²) in [6.45, 7) is 20.7. The average Bonchev–Trinajstić information content (AvgIpc) is 2.78. The molecule has 2 fully saturated rings. The number of methoxy groups -OCH3 is 1. The van der Waals surface area contributed by atoms with Crippen LogP contribution in [-0.2, 0) is 19.0 Å². The van der Waals surface area contributed by atoms with Crippen molar-refractivity contribution >= 4 is 5.97 Å². The standard InChI is InChI=1S/C35H68N2O4/c1-11-12-13-14-15-16-17-18-19-21-35(22-20-23-39-10,41-29-26-33(6,7)37-34(8,9)27-29)30(38)40-28-24-31(2,3)36-32(4,5)25-28/h28-29,36-37H,11-27H2,1-10H3. The molecule has 0 radical (unpaired) electrons. The van der Waals surface area contributed by atoms with Crippen molar-refractivity contribution in [3.63, 3.8) is 0 Å². The maximum absolute atomic E-state index is 14.4. The van der Waals surface area contributed by atoms with Crippen LogP contribution in [0.1, 0.15) is 165 Å². The molecule has 2 heterocycles. The summed E-state index contributed by atoms with van der Waals surface area (Å²) in [6.07, 6.45) is 16.6. The molecule has 0 aromatic carbocycles. The molecular weight excluding hydrogens is 512 g/mol. The van der Waals surface area contributed by atoms with Crippen molar-refractivity contribution in [2.24, 2.45) is 0 Å². The van der Waals surface area contributed by atoms with Gasteiger partial charge in [-0.05, 0) is 93.9 Å². The summed E-state index contributed by atoms with van der Waals surface area (Å²) in [4.78, 5) is 14.4. The second-order valence-electron chi connectivity index (χ2n) is 16.0. The minimum atomic E-state index is -0.938. The van der Waals surface area contributed by atoms with Crippen LogP contribution >= 0.6 is 0 Å². The number of nitrogens with one attached hydrogen (secondary N) is 2. The Labute approximate surface area is 254 Å². The van der Waals surface area contributed by atoms with E-state index in [4.69, 9.17) is 14.2 Å². The van der Waals surface area contributed by atoms with E-state index in [2.05, 4.69) is 72.9 Å². The van der Waals surface area contributed by atoms with Crippen LogP contribution in [0.2, 0.25) is 0 Å². The maximum Gasteiger partial charge on any atom is 0.338 e. The van der Waals surface area contributed by atoms with Gasteiger partial charge in [0.2, 0.25) is 0 Å². The smallest absolute Gasteiger partial charge is 0.338 e. The first-order valence-corrected chi connectivity index (χ1v) is 17.0. The third-order valence-electron chi connectivity index (χ3n) is 8.96. The molecule has 2 N–H and O–H groups in total. The molecule has 1 unspecified atom stereocenters. The highest BCUT2D eigenvalue weighted by atomic mass is 16.6. The molecule has 0 spiro atoms. The lowest BCUT2D eigenvalue weighted by Crippen LogP contribution is -2.62. The van der Waals surface area contributed by atoms with Crippen molar-refractivity contribution in [3.8, 4) is 0 Å². The molecule has 0 amide bonds. The second kappa shape index (κ2) is 15.9. The zero-order valence-corrected chi connectivity index (χ0v) is 28.8. The summed E-state index contributed by atoms with van der Waals surface area (Å²) in [7, 11) is 1.73. The minimum Gasteiger partial charge on any atom is -0.460 e. The molecule has 0 aromatic rings. The van der Waals surface area contributed by atoms with Crippen molar-refractivity contribution in [2.45, 2.75) is 205 Å². The fourth-order valence-corrected chi connectivity index (χ4v) is 7.92. The number of hydrogen-bond donors (Lipinski definition) is 2. The molecule has 0 aliphatic carbocycles. The zero-order valence-electron chi connectivity index (χ0n) is 28.8. The Bertz CT molecular complexity index is 746. The van der Waals surface area contributed by atoms with Crippen LogP contribution in [0.25, 0.3) is 0 Å². The molecule has 2 aliphatic rings. The van der Waals surface area contributed by atoms with E-state index < -0.39 is 5.60 Å². The van der Waals surface area contributed by atoms with E-state index >= 15 is 0 Å². The van der Waals surface area contributed by atoms with Gasteiger partial charge in [-0.2, -0.15) is 0 Å². The highest BCUT2D eigenvalue weighted by molar-refractivity contribution is 5.80. The lowest BCUT2D eigenvalue weighted by molar-refractivity contribution is -0.198. The Morgan fingerprint density at radius 3 is 1.54 bits per heavy atom. The van der Waals surface area contributed by atoms with E-state index in [1.54, 1.807) is 7.11 Å². The van der Waals surface area contributed by atoms with Crippen molar-refractivity contribution in [1.82, 2.24) is 10.6 Å². The fraction of sp³-hybridized carbons (Fsp3) is 0.971. The first kappa shape index (κ1) is 36.5. The van der Waals surface area contributed by atoms with Crippen LogP contribution < -0.4 is 10.6 Å². The minimum absolute atomic E-state index is 0.00388. The molecule has 2 rings (SSSR count). The Morgan fingerprint density at radius 1 is 0.659 bits per heavy atom. The molecule has 41 heavy (non-hydrogen) atoms. The van der Waals surface area contributed by atoms with Gasteiger partial charge in [-0.3, -0.25) is 0 Å². The van der Waals surface area contributed by atoms with Gasteiger partial charge in [0.15, 0.2) is 5.60 Å². The average molecular weight is 581 g/mol. The number of unbranched alkanes of at least 4 members (excludes halogenated alkanes) is 8. The van der Waals surface area contributed by atoms with Crippen molar-refractivity contribution in [2.75, 3.05) is 13.7 Å². The van der Waals surface area contributed by atoms with Crippen LogP contribution in [0.5, 0.6) is 0 Å². The van der Waals surface area contributed by atoms with Crippen LogP contribution in [0, 0.1) is 0 Å². The molecule has 6 heteroatoms. The van der Waals surface area contributed by atoms with Gasteiger partial charge >= 0.3 is 5.97 Å². The van der Waals surface area contributed by atoms with E-state index in [1.165, 1.54) is 44.9 Å². The first-order chi connectivity index (χ1) is 19.0. The van der Waals surface area contributed by atoms with Gasteiger partial charge in [0.25, 0.3) is 0 Å². The van der Waals surface area contributed by atoms with Crippen LogP contribution in [0.3, 0.4) is 0 Å². The highest BCUT2D eigenvalue weighted by Crippen LogP contribution is 2.38. The summed E-state index contributed by atoms with van der Waals surface area (Å²) in [5, 5.41) is 7.50. The molecule has 6 nitrogen and oxygen atoms in total. The number of rotatable bonds is 18. The number of carbonyl (C=O) groups excluding carboxylic acids is 1. The van der Waals surface area contributed by atoms with E-state index in [0.29, 0.717) is 19.4 Å². The molecule has 2 aliphatic heterocycles. The van der Waals surface area contributed by atoms with Gasteiger partial charge in [0, 0.05) is 48.7 Å². The molecule has 1 atom stereocenters. The van der Waals surface area contributed by atoms with Gasteiger partial charge in [0.05, 0.1) is 6.10 Å². The largest absolute Gasteiger partial charge is 0.460 e. The zero-order chi connectivity index (χ0) is 30.8. The Kier molecular flexibility index (Phi) is 14.1. The first-order valence-electron chi connectivity index (χ1n) is 17.0. The van der Waals surface area contributed by atoms with Gasteiger partial charge in [-0.25, -0.2) is 4.79 Å². The number of ether oxygens (including phenoxy) is 3. The fourth-order valence-electron chi connectivity index (χ4n) is 7.92. The van der Waals surface area contributed by atoms with Crippen molar-refractivity contribution in [3.05, 3.63) is 0 Å². The summed E-state index contributed by atoms with van der Waals surface area (Å²) in [5.41, 5.74) is -1.24. The summed E-state index contributed by atoms with van der Waals surface area (Å²) >= 11 is 0. The normalized spacial score (nSPS) is 23.7. The van der Waals surface area contributed by atoms with Crippen molar-refractivity contribution in [1.29, 1.82) is 0 Å². The predicted molar refractivity (Wildman–Crippen MR) is 171 cm³/mol. The summed E-state index contributed by atoms with van der Waals surface area (Å²) in [5.74, 6) is -0.152. The predicted octanol–water partition coefficient (Wildman–Crippen LogP) is 8.25. The van der Waals surface area contributed by atoms with Gasteiger partial charge in [-0.1, -0.05) is 58.3 Å². The van der Waals surface area contributed by atoms with E-state index in [0.717, 1.165) is 44.9 Å². The highest BCUT2D eigenvalue weighted by Gasteiger charge is 2.48.